The van der Waals surface area contributed by atoms with Gasteiger partial charge >= 0.3 is 0 Å². The van der Waals surface area contributed by atoms with Gasteiger partial charge in [0, 0.05) is 27.5 Å². The number of aromatic nitrogens is 3. The highest BCUT2D eigenvalue weighted by atomic mass is 16.3. The normalized spacial score (nSPS) is 11.3. The van der Waals surface area contributed by atoms with Gasteiger partial charge in [-0.3, -0.25) is 0 Å². The first kappa shape index (κ1) is 32.2. The number of hydrogen-bond donors (Lipinski definition) is 0. The lowest BCUT2D eigenvalue weighted by molar-refractivity contribution is 0.669. The molecule has 4 nitrogen and oxygen atoms in total. The summed E-state index contributed by atoms with van der Waals surface area (Å²) in [6, 6.07) is 69.4. The summed E-state index contributed by atoms with van der Waals surface area (Å²) in [5.41, 5.74) is 13.7. The van der Waals surface area contributed by atoms with Gasteiger partial charge in [-0.15, -0.1) is 0 Å². The van der Waals surface area contributed by atoms with Crippen molar-refractivity contribution in [1.82, 2.24) is 15.0 Å². The van der Waals surface area contributed by atoms with Crippen LogP contribution in [0.25, 0.3) is 101 Å². The highest BCUT2D eigenvalue weighted by molar-refractivity contribution is 6.13. The molecule has 0 aliphatic rings. The van der Waals surface area contributed by atoms with E-state index >= 15 is 0 Å². The van der Waals surface area contributed by atoms with Crippen LogP contribution in [0.5, 0.6) is 0 Å². The number of fused-ring (bicyclic) bond motifs is 3. The van der Waals surface area contributed by atoms with Gasteiger partial charge < -0.3 is 4.42 Å². The minimum absolute atomic E-state index is 0.620. The fourth-order valence-electron chi connectivity index (χ4n) is 7.46. The van der Waals surface area contributed by atoms with Crippen LogP contribution >= 0.6 is 0 Å². The zero-order valence-corrected chi connectivity index (χ0v) is 29.8. The molecule has 0 aliphatic heterocycles. The second kappa shape index (κ2) is 13.8. The zero-order chi connectivity index (χ0) is 36.6. The summed E-state index contributed by atoms with van der Waals surface area (Å²) in [6.07, 6.45) is 0. The second-order valence-corrected chi connectivity index (χ2v) is 13.6. The van der Waals surface area contributed by atoms with E-state index in [-0.39, 0.29) is 0 Å². The van der Waals surface area contributed by atoms with E-state index in [1.807, 2.05) is 60.7 Å². The van der Waals surface area contributed by atoms with E-state index in [2.05, 4.69) is 140 Å². The molecular formula is C51H33N3O. The minimum Gasteiger partial charge on any atom is -0.456 e. The summed E-state index contributed by atoms with van der Waals surface area (Å²) in [4.78, 5) is 14.9. The average Bonchev–Trinajstić information content (AvgIpc) is 3.66. The van der Waals surface area contributed by atoms with Crippen molar-refractivity contribution in [3.05, 3.63) is 200 Å². The van der Waals surface area contributed by atoms with E-state index in [0.717, 1.165) is 60.9 Å². The maximum atomic E-state index is 6.49. The van der Waals surface area contributed by atoms with Crippen molar-refractivity contribution >= 4 is 21.9 Å². The van der Waals surface area contributed by atoms with Crippen LogP contribution in [0.4, 0.5) is 0 Å². The van der Waals surface area contributed by atoms with Gasteiger partial charge in [-0.25, -0.2) is 15.0 Å². The highest BCUT2D eigenvalue weighted by Gasteiger charge is 2.17. The van der Waals surface area contributed by atoms with Gasteiger partial charge in [0.15, 0.2) is 17.5 Å². The Labute approximate surface area is 319 Å². The molecule has 0 saturated carbocycles. The molecule has 8 aromatic carbocycles. The molecule has 2 heterocycles. The first-order valence-electron chi connectivity index (χ1n) is 18.4. The number of hydrogen-bond acceptors (Lipinski definition) is 4. The molecule has 0 bridgehead atoms. The Hall–Kier alpha value is -7.43. The van der Waals surface area contributed by atoms with E-state index in [9.17, 15) is 0 Å². The molecule has 0 fully saturated rings. The first-order chi connectivity index (χ1) is 27.2. The third kappa shape index (κ3) is 6.16. The topological polar surface area (TPSA) is 51.8 Å². The van der Waals surface area contributed by atoms with Crippen LogP contribution in [0.2, 0.25) is 0 Å². The molecule has 0 unspecified atom stereocenters. The molecule has 0 radical (unpaired) electrons. The lowest BCUT2D eigenvalue weighted by Gasteiger charge is -2.13. The number of nitrogens with zero attached hydrogens (tertiary/aromatic N) is 3. The average molecular weight is 704 g/mol. The van der Waals surface area contributed by atoms with Crippen LogP contribution < -0.4 is 0 Å². The lowest BCUT2D eigenvalue weighted by Crippen LogP contribution is -2.00. The Bertz CT molecular complexity index is 2900. The maximum absolute atomic E-state index is 6.49. The monoisotopic (exact) mass is 703 g/mol. The maximum Gasteiger partial charge on any atom is 0.164 e. The van der Waals surface area contributed by atoms with Crippen LogP contribution in [-0.2, 0) is 0 Å². The molecular weight excluding hydrogens is 671 g/mol. The van der Waals surface area contributed by atoms with Crippen molar-refractivity contribution < 1.29 is 4.42 Å². The Balaban J connectivity index is 1.09. The third-order valence-electron chi connectivity index (χ3n) is 10.1. The predicted molar refractivity (Wildman–Crippen MR) is 225 cm³/mol. The fourth-order valence-corrected chi connectivity index (χ4v) is 7.46. The van der Waals surface area contributed by atoms with Crippen LogP contribution in [0, 0.1) is 0 Å². The van der Waals surface area contributed by atoms with E-state index in [1.54, 1.807) is 0 Å². The summed E-state index contributed by atoms with van der Waals surface area (Å²) in [6.45, 7) is 0. The van der Waals surface area contributed by atoms with Gasteiger partial charge in [0.25, 0.3) is 0 Å². The molecule has 4 heteroatoms. The SMILES string of the molecule is c1ccc(-c2nc(-c3ccccc3)nc(-c3cccc(-c4cccc5oc6ccc(-c7ccc(-c8ccccc8)c(-c8ccccc8)c7)cc6c45)c3)n2)cc1. The van der Waals surface area contributed by atoms with E-state index in [0.29, 0.717) is 17.5 Å². The molecule has 0 N–H and O–H groups in total. The van der Waals surface area contributed by atoms with Crippen molar-refractivity contribution in [2.75, 3.05) is 0 Å². The number of benzene rings is 8. The van der Waals surface area contributed by atoms with Gasteiger partial charge in [0.1, 0.15) is 11.2 Å². The molecule has 0 aliphatic carbocycles. The van der Waals surface area contributed by atoms with Crippen LogP contribution in [0.1, 0.15) is 0 Å². The molecule has 0 spiro atoms. The summed E-state index contributed by atoms with van der Waals surface area (Å²) in [7, 11) is 0. The largest absolute Gasteiger partial charge is 0.456 e. The van der Waals surface area contributed by atoms with Gasteiger partial charge in [-0.1, -0.05) is 170 Å². The highest BCUT2D eigenvalue weighted by Crippen LogP contribution is 2.41. The van der Waals surface area contributed by atoms with Crippen LogP contribution in [0.15, 0.2) is 205 Å². The summed E-state index contributed by atoms with van der Waals surface area (Å²) in [5.74, 6) is 1.89. The van der Waals surface area contributed by atoms with Crippen LogP contribution in [-0.4, -0.2) is 15.0 Å². The predicted octanol–water partition coefficient (Wildman–Crippen LogP) is 13.4. The molecule has 10 rings (SSSR count). The van der Waals surface area contributed by atoms with Crippen molar-refractivity contribution in [2.24, 2.45) is 0 Å². The Morgan fingerprint density at radius 2 is 0.764 bits per heavy atom. The second-order valence-electron chi connectivity index (χ2n) is 13.6. The lowest BCUT2D eigenvalue weighted by atomic mass is 9.90. The van der Waals surface area contributed by atoms with Crippen molar-refractivity contribution in [3.63, 3.8) is 0 Å². The zero-order valence-electron chi connectivity index (χ0n) is 29.8. The van der Waals surface area contributed by atoms with Crippen molar-refractivity contribution in [3.8, 4) is 78.7 Å². The van der Waals surface area contributed by atoms with E-state index in [4.69, 9.17) is 19.4 Å². The van der Waals surface area contributed by atoms with Crippen molar-refractivity contribution in [2.45, 2.75) is 0 Å². The quantitative estimate of drug-likeness (QED) is 0.166. The Kier molecular flexibility index (Phi) is 8.12. The molecule has 2 aromatic heterocycles. The van der Waals surface area contributed by atoms with Gasteiger partial charge in [-0.05, 0) is 74.8 Å². The van der Waals surface area contributed by atoms with Crippen molar-refractivity contribution in [1.29, 1.82) is 0 Å². The summed E-state index contributed by atoms with van der Waals surface area (Å²) < 4.78 is 6.49. The Morgan fingerprint density at radius 1 is 0.273 bits per heavy atom. The third-order valence-corrected chi connectivity index (χ3v) is 10.1. The Morgan fingerprint density at radius 3 is 1.40 bits per heavy atom. The first-order valence-corrected chi connectivity index (χ1v) is 18.4. The molecule has 0 saturated heterocycles. The molecule has 0 atom stereocenters. The number of furan rings is 1. The standard InChI is InChI=1S/C51H33N3O/c1-5-15-34(16-6-1)42-29-27-38(32-44(42)35-17-7-2-8-18-35)39-28-30-46-45(33-39)48-43(25-14-26-47(48)55-46)40-23-13-24-41(31-40)51-53-49(36-19-9-3-10-20-36)52-50(54-51)37-21-11-4-12-22-37/h1-33H. The molecule has 0 amide bonds. The summed E-state index contributed by atoms with van der Waals surface area (Å²) in [5, 5.41) is 2.14. The number of rotatable bonds is 7. The van der Waals surface area contributed by atoms with Crippen LogP contribution in [0.3, 0.4) is 0 Å². The van der Waals surface area contributed by atoms with Gasteiger partial charge in [-0.2, -0.15) is 0 Å². The van der Waals surface area contributed by atoms with E-state index < -0.39 is 0 Å². The molecule has 258 valence electrons. The molecule has 55 heavy (non-hydrogen) atoms. The fraction of sp³-hybridized carbons (Fsp3) is 0. The van der Waals surface area contributed by atoms with Gasteiger partial charge in [0.05, 0.1) is 0 Å². The van der Waals surface area contributed by atoms with Gasteiger partial charge in [0.2, 0.25) is 0 Å². The minimum atomic E-state index is 0.620. The molecule has 10 aromatic rings. The smallest absolute Gasteiger partial charge is 0.164 e. The van der Waals surface area contributed by atoms with E-state index in [1.165, 1.54) is 22.3 Å². The summed E-state index contributed by atoms with van der Waals surface area (Å²) >= 11 is 0.